The molecule has 0 saturated carbocycles. The van der Waals surface area contributed by atoms with Gasteiger partial charge in [0, 0.05) is 47.6 Å². The molecule has 8 heteroatoms. The molecule has 8 nitrogen and oxygen atoms in total. The molecule has 0 amide bonds. The van der Waals surface area contributed by atoms with Crippen molar-refractivity contribution >= 4 is 17.1 Å². The predicted molar refractivity (Wildman–Crippen MR) is 300 cm³/mol. The second-order valence-electron chi connectivity index (χ2n) is 17.5. The highest BCUT2D eigenvalue weighted by Crippen LogP contribution is 2.35. The Morgan fingerprint density at radius 3 is 1.30 bits per heavy atom. The van der Waals surface area contributed by atoms with Crippen LogP contribution >= 0.6 is 0 Å². The van der Waals surface area contributed by atoms with E-state index in [4.69, 9.17) is 0 Å². The Balaban J connectivity index is 0.000000879. The van der Waals surface area contributed by atoms with Crippen molar-refractivity contribution in [2.24, 2.45) is 17.8 Å². The minimum atomic E-state index is -0.329. The third-order valence-corrected chi connectivity index (χ3v) is 11.3. The van der Waals surface area contributed by atoms with Crippen LogP contribution in [0.4, 0.5) is 17.1 Å². The van der Waals surface area contributed by atoms with E-state index in [1.54, 1.807) is 20.8 Å². The van der Waals surface area contributed by atoms with E-state index in [1.807, 2.05) is 86.0 Å². The molecule has 0 aromatic heterocycles. The lowest BCUT2D eigenvalue weighted by atomic mass is 9.99. The Labute approximate surface area is 416 Å². The Bertz CT molecular complexity index is 2630. The minimum absolute atomic E-state index is 0.282. The van der Waals surface area contributed by atoms with E-state index in [1.165, 1.54) is 39.8 Å². The zero-order valence-corrected chi connectivity index (χ0v) is 46.6. The van der Waals surface area contributed by atoms with Crippen LogP contribution in [0.1, 0.15) is 173 Å². The fourth-order valence-electron chi connectivity index (χ4n) is 8.22. The van der Waals surface area contributed by atoms with E-state index in [2.05, 4.69) is 108 Å². The average molecular weight is 947 g/mol. The van der Waals surface area contributed by atoms with Crippen molar-refractivity contribution in [1.82, 2.24) is 0 Å². The van der Waals surface area contributed by atoms with Crippen molar-refractivity contribution in [2.75, 3.05) is 16.3 Å². The van der Waals surface area contributed by atoms with Crippen LogP contribution in [0, 0.1) is 38.5 Å². The molecule has 0 fully saturated rings. The van der Waals surface area contributed by atoms with Crippen LogP contribution in [0.3, 0.4) is 0 Å². The monoisotopic (exact) mass is 947 g/mol. The van der Waals surface area contributed by atoms with E-state index in [-0.39, 0.29) is 32.6 Å². The summed E-state index contributed by atoms with van der Waals surface area (Å²) in [7, 11) is 0. The molecule has 8 rings (SSSR count). The summed E-state index contributed by atoms with van der Waals surface area (Å²) in [5, 5.41) is 0. The summed E-state index contributed by atoms with van der Waals surface area (Å²) in [6, 6.07) is 23.7. The van der Waals surface area contributed by atoms with Crippen LogP contribution in [-0.2, 0) is 45.2 Å². The quantitative estimate of drug-likeness (QED) is 0.132. The van der Waals surface area contributed by atoms with Gasteiger partial charge in [-0.1, -0.05) is 178 Å². The van der Waals surface area contributed by atoms with E-state index >= 15 is 0 Å². The molecule has 0 atom stereocenters. The molecule has 2 aliphatic heterocycles. The third kappa shape index (κ3) is 17.1. The van der Waals surface area contributed by atoms with Gasteiger partial charge >= 0.3 is 0 Å². The first-order chi connectivity index (χ1) is 32.9. The zero-order valence-electron chi connectivity index (χ0n) is 46.6. The number of fused-ring (bicyclic) bond motifs is 2. The van der Waals surface area contributed by atoms with Gasteiger partial charge in [-0.25, -0.2) is 0 Å². The number of benzene rings is 3. The highest BCUT2D eigenvalue weighted by atomic mass is 16.2. The van der Waals surface area contributed by atoms with Crippen LogP contribution in [0.25, 0.3) is 0 Å². The molecule has 0 saturated heterocycles. The molecule has 6 aromatic carbocycles. The maximum Gasteiger partial charge on any atom is 0.249 e. The first-order valence-electron chi connectivity index (χ1n) is 26.1. The molecule has 0 aliphatic carbocycles. The summed E-state index contributed by atoms with van der Waals surface area (Å²) < 4.78 is 0. The standard InChI is InChI=1S/2C17H19NO2.C10H14.C7H8O2.5C2H6/c1-10(2)6-12-4-5-13-8-18(9-14(13)7-12)15-11(3)16(19)17(15)20;1-10(2)8-12-4-5-13-6-7-18(14(13)9-12)15-11(3)16(19)17(15)20;1-9(2)8-10-6-4-3-5-7-10;1-3-5-4(2)6(8)7(5)9;5*1-2/h4-5,7,10H,6,8-9H2,1-3H3;4-5,9-10H,6-8H2,1-3H3;3-7,9H,8H2,1-2H3;3H2,1-2H3;5*1-2H3. The van der Waals surface area contributed by atoms with Crippen molar-refractivity contribution in [3.63, 3.8) is 0 Å². The third-order valence-electron chi connectivity index (χ3n) is 11.3. The Kier molecular flexibility index (Phi) is 29.8. The van der Waals surface area contributed by atoms with Gasteiger partial charge in [0.1, 0.15) is 5.69 Å². The van der Waals surface area contributed by atoms with E-state index < -0.39 is 0 Å². The first-order valence-corrected chi connectivity index (χ1v) is 26.1. The summed E-state index contributed by atoms with van der Waals surface area (Å²) in [4.78, 5) is 71.4. The van der Waals surface area contributed by atoms with Gasteiger partial charge < -0.3 is 9.80 Å². The summed E-state index contributed by atoms with van der Waals surface area (Å²) in [5.41, 5.74) is 11.0. The highest BCUT2D eigenvalue weighted by molar-refractivity contribution is 5.74. The van der Waals surface area contributed by atoms with Gasteiger partial charge in [0.25, 0.3) is 0 Å². The smallest absolute Gasteiger partial charge is 0.249 e. The molecule has 6 aromatic rings. The van der Waals surface area contributed by atoms with Crippen molar-refractivity contribution in [1.29, 1.82) is 0 Å². The highest BCUT2D eigenvalue weighted by Gasteiger charge is 2.30. The van der Waals surface area contributed by atoms with Crippen molar-refractivity contribution in [3.8, 4) is 0 Å². The molecular weight excluding hydrogens is 857 g/mol. The summed E-state index contributed by atoms with van der Waals surface area (Å²) >= 11 is 0. The lowest BCUT2D eigenvalue weighted by molar-refractivity contribution is 0.647. The predicted octanol–water partition coefficient (Wildman–Crippen LogP) is 13.0. The van der Waals surface area contributed by atoms with Crippen molar-refractivity contribution in [2.45, 2.75) is 184 Å². The second-order valence-corrected chi connectivity index (χ2v) is 17.5. The SMILES string of the molecule is CC.CC.CC.CC.CC.CC(C)Cc1ccccc1.CCc1c(C)c(=O)c1=O.Cc1c(N2CCc3ccc(CC(C)C)cc32)c(=O)c1=O.Cc1c(N2Cc3ccc(CC(C)C)cc3C2)c(=O)c1=O. The van der Waals surface area contributed by atoms with Crippen LogP contribution in [-0.4, -0.2) is 6.54 Å². The largest absolute Gasteiger partial charge is 0.359 e. The van der Waals surface area contributed by atoms with Gasteiger partial charge in [-0.05, 0) is 110 Å². The summed E-state index contributed by atoms with van der Waals surface area (Å²) in [6.45, 7) is 42.7. The van der Waals surface area contributed by atoms with Crippen molar-refractivity contribution < 1.29 is 0 Å². The number of rotatable bonds is 9. The molecule has 0 unspecified atom stereocenters. The van der Waals surface area contributed by atoms with E-state index in [0.717, 1.165) is 50.5 Å². The molecule has 0 radical (unpaired) electrons. The van der Waals surface area contributed by atoms with E-state index in [0.29, 0.717) is 51.9 Å². The van der Waals surface area contributed by atoms with Gasteiger partial charge in [-0.15, -0.1) is 0 Å². The molecule has 2 aliphatic rings. The minimum Gasteiger partial charge on any atom is -0.359 e. The normalized spacial score (nSPS) is 11.6. The summed E-state index contributed by atoms with van der Waals surface area (Å²) in [6.07, 6.45) is 4.94. The Morgan fingerprint density at radius 1 is 0.449 bits per heavy atom. The molecule has 0 N–H and O–H groups in total. The average Bonchev–Trinajstić information content (AvgIpc) is 3.98. The number of nitrogens with zero attached hydrogens (tertiary/aromatic N) is 2. The van der Waals surface area contributed by atoms with Crippen LogP contribution < -0.4 is 42.4 Å². The fourth-order valence-corrected chi connectivity index (χ4v) is 8.22. The Morgan fingerprint density at radius 2 is 0.870 bits per heavy atom. The van der Waals surface area contributed by atoms with Crippen LogP contribution in [0.15, 0.2) is 95.5 Å². The summed E-state index contributed by atoms with van der Waals surface area (Å²) in [5.74, 6) is 2.01. The van der Waals surface area contributed by atoms with Crippen molar-refractivity contribution in [3.05, 3.63) is 184 Å². The maximum atomic E-state index is 11.8. The molecule has 380 valence electrons. The fraction of sp³-hybridized carbons (Fsp3) is 0.508. The van der Waals surface area contributed by atoms with E-state index in [9.17, 15) is 28.8 Å². The molecule has 0 bridgehead atoms. The molecule has 0 spiro atoms. The molecular formula is C61H90N2O6. The van der Waals surface area contributed by atoms with Gasteiger partial charge in [0.2, 0.25) is 32.6 Å². The second kappa shape index (κ2) is 32.3. The maximum absolute atomic E-state index is 11.8. The van der Waals surface area contributed by atoms with Gasteiger partial charge in [-0.2, -0.15) is 0 Å². The topological polar surface area (TPSA) is 109 Å². The van der Waals surface area contributed by atoms with Gasteiger partial charge in [-0.3, -0.25) is 28.8 Å². The number of anilines is 3. The Hall–Kier alpha value is -5.50. The van der Waals surface area contributed by atoms with Gasteiger partial charge in [0.15, 0.2) is 0 Å². The number of hydrogen-bond donors (Lipinski definition) is 0. The lowest BCUT2D eigenvalue weighted by Gasteiger charge is -2.22. The zero-order chi connectivity index (χ0) is 53.3. The van der Waals surface area contributed by atoms with Gasteiger partial charge in [0.05, 0.1) is 5.69 Å². The lowest BCUT2D eigenvalue weighted by Crippen LogP contribution is -2.40. The van der Waals surface area contributed by atoms with Crippen LogP contribution in [0.5, 0.6) is 0 Å². The molecule has 69 heavy (non-hydrogen) atoms. The van der Waals surface area contributed by atoms with Crippen LogP contribution in [0.2, 0.25) is 0 Å². The first kappa shape index (κ1) is 63.5. The molecule has 2 heterocycles. The number of hydrogen-bond acceptors (Lipinski definition) is 8.